The van der Waals surface area contributed by atoms with Gasteiger partial charge in [-0.15, -0.1) is 0 Å². The summed E-state index contributed by atoms with van der Waals surface area (Å²) < 4.78 is 10.8. The summed E-state index contributed by atoms with van der Waals surface area (Å²) in [5.41, 5.74) is 1.84. The second-order valence-electron chi connectivity index (χ2n) is 7.21. The molecule has 0 aliphatic carbocycles. The van der Waals surface area contributed by atoms with Crippen molar-refractivity contribution in [3.05, 3.63) is 77.9 Å². The molecule has 1 amide bonds. The molecule has 1 atom stereocenters. The minimum absolute atomic E-state index is 0.0532. The Balaban J connectivity index is 1.50. The van der Waals surface area contributed by atoms with Gasteiger partial charge in [-0.3, -0.25) is 9.69 Å². The number of rotatable bonds is 6. The third-order valence-corrected chi connectivity index (χ3v) is 5.45. The smallest absolute Gasteiger partial charge is 0.251 e. The number of nitrogens with one attached hydrogen (secondary N) is 1. The summed E-state index contributed by atoms with van der Waals surface area (Å²) in [6.07, 6.45) is 0. The molecule has 0 radical (unpaired) electrons. The molecular formula is C24H26N2O3. The summed E-state index contributed by atoms with van der Waals surface area (Å²) in [4.78, 5) is 15.2. The molecule has 0 saturated carbocycles. The minimum atomic E-state index is -0.0532. The lowest BCUT2D eigenvalue weighted by atomic mass is 10.0. The van der Waals surface area contributed by atoms with Crippen LogP contribution in [0.4, 0.5) is 0 Å². The highest BCUT2D eigenvalue weighted by atomic mass is 16.5. The summed E-state index contributed by atoms with van der Waals surface area (Å²) in [7, 11) is 1.66. The van der Waals surface area contributed by atoms with Crippen LogP contribution in [0.5, 0.6) is 5.75 Å². The molecule has 29 heavy (non-hydrogen) atoms. The van der Waals surface area contributed by atoms with Gasteiger partial charge in [0.05, 0.1) is 26.4 Å². The third-order valence-electron chi connectivity index (χ3n) is 5.45. The number of hydrogen-bond donors (Lipinski definition) is 1. The summed E-state index contributed by atoms with van der Waals surface area (Å²) >= 11 is 0. The van der Waals surface area contributed by atoms with E-state index in [-0.39, 0.29) is 11.9 Å². The zero-order valence-electron chi connectivity index (χ0n) is 16.6. The van der Waals surface area contributed by atoms with Crippen LogP contribution in [-0.4, -0.2) is 50.8 Å². The van der Waals surface area contributed by atoms with Gasteiger partial charge in [-0.25, -0.2) is 0 Å². The maximum absolute atomic E-state index is 12.8. The summed E-state index contributed by atoms with van der Waals surface area (Å²) in [6.45, 7) is 3.67. The first-order valence-electron chi connectivity index (χ1n) is 9.97. The van der Waals surface area contributed by atoms with Crippen molar-refractivity contribution < 1.29 is 14.3 Å². The molecule has 1 unspecified atom stereocenters. The van der Waals surface area contributed by atoms with E-state index in [1.54, 1.807) is 7.11 Å². The number of benzene rings is 3. The summed E-state index contributed by atoms with van der Waals surface area (Å²) in [5.74, 6) is 0.775. The highest BCUT2D eigenvalue weighted by Crippen LogP contribution is 2.24. The first kappa shape index (κ1) is 19.4. The van der Waals surface area contributed by atoms with Gasteiger partial charge < -0.3 is 14.8 Å². The van der Waals surface area contributed by atoms with E-state index < -0.39 is 0 Å². The Hall–Kier alpha value is -2.89. The van der Waals surface area contributed by atoms with Crippen LogP contribution in [0.2, 0.25) is 0 Å². The lowest BCUT2D eigenvalue weighted by molar-refractivity contribution is 0.0162. The quantitative estimate of drug-likeness (QED) is 0.698. The molecule has 150 valence electrons. The Bertz CT molecular complexity index is 965. The van der Waals surface area contributed by atoms with Crippen LogP contribution in [0.15, 0.2) is 66.7 Å². The van der Waals surface area contributed by atoms with Crippen LogP contribution in [0.3, 0.4) is 0 Å². The summed E-state index contributed by atoms with van der Waals surface area (Å²) in [6, 6.07) is 22.1. The Labute approximate surface area is 171 Å². The van der Waals surface area contributed by atoms with Gasteiger partial charge in [0, 0.05) is 25.2 Å². The Morgan fingerprint density at radius 2 is 1.76 bits per heavy atom. The third kappa shape index (κ3) is 4.58. The average molecular weight is 390 g/mol. The van der Waals surface area contributed by atoms with Gasteiger partial charge >= 0.3 is 0 Å². The largest absolute Gasteiger partial charge is 0.497 e. The molecule has 3 aromatic rings. The highest BCUT2D eigenvalue weighted by molar-refractivity contribution is 5.98. The SMILES string of the molecule is COc1ccc(C(CNC(=O)c2ccc3ccccc3c2)N2CCOCC2)cc1. The lowest BCUT2D eigenvalue weighted by Gasteiger charge is -2.35. The molecule has 1 fully saturated rings. The predicted octanol–water partition coefficient (Wildman–Crippen LogP) is 3.65. The molecule has 3 aromatic carbocycles. The van der Waals surface area contributed by atoms with Crippen LogP contribution in [0.25, 0.3) is 10.8 Å². The molecule has 0 bridgehead atoms. The zero-order valence-corrected chi connectivity index (χ0v) is 16.6. The fourth-order valence-corrected chi connectivity index (χ4v) is 3.79. The number of hydrogen-bond acceptors (Lipinski definition) is 4. The van der Waals surface area contributed by atoms with E-state index >= 15 is 0 Å². The van der Waals surface area contributed by atoms with Crippen LogP contribution in [0.1, 0.15) is 22.0 Å². The van der Waals surface area contributed by atoms with Crippen molar-refractivity contribution in [2.24, 2.45) is 0 Å². The fourth-order valence-electron chi connectivity index (χ4n) is 3.79. The van der Waals surface area contributed by atoms with Crippen molar-refractivity contribution in [3.63, 3.8) is 0 Å². The second kappa shape index (κ2) is 9.07. The highest BCUT2D eigenvalue weighted by Gasteiger charge is 2.23. The van der Waals surface area contributed by atoms with Gasteiger partial charge in [0.15, 0.2) is 0 Å². The van der Waals surface area contributed by atoms with E-state index in [9.17, 15) is 4.79 Å². The number of carbonyl (C=O) groups excluding carboxylic acids is 1. The molecular weight excluding hydrogens is 364 g/mol. The van der Waals surface area contributed by atoms with E-state index in [2.05, 4.69) is 28.4 Å². The van der Waals surface area contributed by atoms with Crippen molar-refractivity contribution in [3.8, 4) is 5.75 Å². The molecule has 5 nitrogen and oxygen atoms in total. The first-order chi connectivity index (χ1) is 14.2. The second-order valence-corrected chi connectivity index (χ2v) is 7.21. The van der Waals surface area contributed by atoms with Crippen LogP contribution < -0.4 is 10.1 Å². The molecule has 1 aliphatic rings. The number of amides is 1. The molecule has 1 heterocycles. The van der Waals surface area contributed by atoms with Crippen LogP contribution >= 0.6 is 0 Å². The van der Waals surface area contributed by atoms with Gasteiger partial charge in [-0.2, -0.15) is 0 Å². The molecule has 0 spiro atoms. The first-order valence-corrected chi connectivity index (χ1v) is 9.97. The van der Waals surface area contributed by atoms with E-state index in [0.29, 0.717) is 25.3 Å². The van der Waals surface area contributed by atoms with Crippen molar-refractivity contribution in [1.29, 1.82) is 0 Å². The van der Waals surface area contributed by atoms with Crippen LogP contribution in [0, 0.1) is 0 Å². The lowest BCUT2D eigenvalue weighted by Crippen LogP contribution is -2.43. The van der Waals surface area contributed by atoms with E-state index in [4.69, 9.17) is 9.47 Å². The normalized spacial score (nSPS) is 15.8. The molecule has 1 saturated heterocycles. The minimum Gasteiger partial charge on any atom is -0.497 e. The van der Waals surface area contributed by atoms with Gasteiger partial charge in [0.2, 0.25) is 0 Å². The maximum Gasteiger partial charge on any atom is 0.251 e. The Kier molecular flexibility index (Phi) is 6.08. The van der Waals surface area contributed by atoms with Gasteiger partial charge in [0.1, 0.15) is 5.75 Å². The zero-order chi connectivity index (χ0) is 20.1. The predicted molar refractivity (Wildman–Crippen MR) is 114 cm³/mol. The molecule has 4 rings (SSSR count). The topological polar surface area (TPSA) is 50.8 Å². The monoisotopic (exact) mass is 390 g/mol. The molecule has 1 aliphatic heterocycles. The number of ether oxygens (including phenoxy) is 2. The number of nitrogens with zero attached hydrogens (tertiary/aromatic N) is 1. The summed E-state index contributed by atoms with van der Waals surface area (Å²) in [5, 5.41) is 5.34. The number of morpholine rings is 1. The van der Waals surface area contributed by atoms with Crippen LogP contribution in [-0.2, 0) is 4.74 Å². The van der Waals surface area contributed by atoms with Gasteiger partial charge in [0.25, 0.3) is 5.91 Å². The van der Waals surface area contributed by atoms with Crippen molar-refractivity contribution in [1.82, 2.24) is 10.2 Å². The molecule has 1 N–H and O–H groups in total. The number of carbonyl (C=O) groups is 1. The van der Waals surface area contributed by atoms with Crippen molar-refractivity contribution in [2.75, 3.05) is 40.0 Å². The van der Waals surface area contributed by atoms with E-state index in [0.717, 1.165) is 35.2 Å². The molecule has 5 heteroatoms. The Morgan fingerprint density at radius 1 is 1.03 bits per heavy atom. The number of fused-ring (bicyclic) bond motifs is 1. The van der Waals surface area contributed by atoms with E-state index in [1.165, 1.54) is 0 Å². The van der Waals surface area contributed by atoms with E-state index in [1.807, 2.05) is 48.5 Å². The van der Waals surface area contributed by atoms with Gasteiger partial charge in [-0.1, -0.05) is 42.5 Å². The Morgan fingerprint density at radius 3 is 2.48 bits per heavy atom. The molecule has 0 aromatic heterocycles. The number of methoxy groups -OCH3 is 1. The maximum atomic E-state index is 12.8. The fraction of sp³-hybridized carbons (Fsp3) is 0.292. The standard InChI is InChI=1S/C24H26N2O3/c1-28-22-10-8-19(9-11-22)23(26-12-14-29-15-13-26)17-25-24(27)21-7-6-18-4-2-3-5-20(18)16-21/h2-11,16,23H,12-15,17H2,1H3,(H,25,27). The average Bonchev–Trinajstić information content (AvgIpc) is 2.80. The van der Waals surface area contributed by atoms with Gasteiger partial charge in [-0.05, 0) is 40.6 Å². The van der Waals surface area contributed by atoms with Crippen molar-refractivity contribution in [2.45, 2.75) is 6.04 Å². The van der Waals surface area contributed by atoms with Crippen molar-refractivity contribution >= 4 is 16.7 Å².